The average molecular weight is 482 g/mol. The van der Waals surface area contributed by atoms with Crippen molar-refractivity contribution in [2.75, 3.05) is 0 Å². The summed E-state index contributed by atoms with van der Waals surface area (Å²) in [6, 6.07) is 10.2. The second kappa shape index (κ2) is 8.88. The number of ketones is 1. The molecule has 0 aromatic heterocycles. The Morgan fingerprint density at radius 1 is 1.06 bits per heavy atom. The molecule has 0 heterocycles. The number of carbonyl (C=O) groups is 1. The molecular formula is C29H43NO3Si. The van der Waals surface area contributed by atoms with E-state index >= 15 is 0 Å². The van der Waals surface area contributed by atoms with Crippen LogP contribution in [0, 0.1) is 34.5 Å². The fraction of sp³-hybridized carbons (Fsp3) is 0.724. The van der Waals surface area contributed by atoms with Crippen molar-refractivity contribution >= 4 is 19.8 Å². The van der Waals surface area contributed by atoms with E-state index in [1.165, 1.54) is 12.8 Å². The maximum atomic E-state index is 13.9. The van der Waals surface area contributed by atoms with Crippen LogP contribution in [0.1, 0.15) is 70.8 Å². The minimum Gasteiger partial charge on any atom is -0.415 e. The fourth-order valence-corrected chi connectivity index (χ4v) is 9.56. The number of Topliss-reactive ketones (excluding diaryl/α,β-unsaturated/α-hetero) is 1. The standard InChI is InChI=1S/C29H43NO3Si/c1-28-16-15-22(33-34(3,4)5)17-21(28)11-12-23-24-13-14-26(29(24,2)18-25(31)27(23)28)30-32-19-20-9-7-6-8-10-20/h6-10,21-24,27H,11-19H2,1-5H3/b30-26+. The van der Waals surface area contributed by atoms with Crippen LogP contribution < -0.4 is 0 Å². The Morgan fingerprint density at radius 2 is 1.82 bits per heavy atom. The van der Waals surface area contributed by atoms with Crippen LogP contribution in [0.5, 0.6) is 0 Å². The Kier molecular flexibility index (Phi) is 6.33. The van der Waals surface area contributed by atoms with E-state index in [4.69, 9.17) is 9.26 Å². The minimum absolute atomic E-state index is 0.129. The first kappa shape index (κ1) is 24.2. The highest BCUT2D eigenvalue weighted by Crippen LogP contribution is 2.64. The highest BCUT2D eigenvalue weighted by atomic mass is 28.4. The normalized spacial score (nSPS) is 41.0. The van der Waals surface area contributed by atoms with Crippen molar-refractivity contribution in [3.63, 3.8) is 0 Å². The van der Waals surface area contributed by atoms with Gasteiger partial charge in [-0.1, -0.05) is 49.3 Å². The third-order valence-corrected chi connectivity index (χ3v) is 10.9. The Labute approximate surface area is 207 Å². The van der Waals surface area contributed by atoms with Crippen LogP contribution >= 0.6 is 0 Å². The van der Waals surface area contributed by atoms with Gasteiger partial charge in [-0.05, 0) is 93.3 Å². The lowest BCUT2D eigenvalue weighted by atomic mass is 9.45. The highest BCUT2D eigenvalue weighted by molar-refractivity contribution is 6.69. The maximum Gasteiger partial charge on any atom is 0.184 e. The molecule has 0 bridgehead atoms. The zero-order valence-corrected chi connectivity index (χ0v) is 22.8. The van der Waals surface area contributed by atoms with Crippen molar-refractivity contribution < 1.29 is 14.1 Å². The van der Waals surface area contributed by atoms with Gasteiger partial charge in [-0.25, -0.2) is 0 Å². The molecule has 0 saturated heterocycles. The predicted octanol–water partition coefficient (Wildman–Crippen LogP) is 7.00. The summed E-state index contributed by atoms with van der Waals surface area (Å²) >= 11 is 0. The maximum absolute atomic E-state index is 13.9. The Hall–Kier alpha value is -1.46. The van der Waals surface area contributed by atoms with Gasteiger partial charge in [0.05, 0.1) is 5.71 Å². The molecule has 7 unspecified atom stereocenters. The van der Waals surface area contributed by atoms with E-state index in [1.807, 2.05) is 18.2 Å². The number of oxime groups is 1. The van der Waals surface area contributed by atoms with Crippen molar-refractivity contribution in [3.8, 4) is 0 Å². The van der Waals surface area contributed by atoms with Crippen molar-refractivity contribution in [2.45, 2.75) is 97.6 Å². The van der Waals surface area contributed by atoms with Crippen LogP contribution in [0.4, 0.5) is 0 Å². The van der Waals surface area contributed by atoms with E-state index in [2.05, 4.69) is 50.8 Å². The van der Waals surface area contributed by atoms with Crippen LogP contribution in [-0.4, -0.2) is 25.9 Å². The minimum atomic E-state index is -1.53. The van der Waals surface area contributed by atoms with Gasteiger partial charge in [0.2, 0.25) is 0 Å². The van der Waals surface area contributed by atoms with E-state index in [1.54, 1.807) is 0 Å². The predicted molar refractivity (Wildman–Crippen MR) is 139 cm³/mol. The lowest BCUT2D eigenvalue weighted by Gasteiger charge is -2.59. The van der Waals surface area contributed by atoms with Gasteiger partial charge in [-0.3, -0.25) is 4.79 Å². The van der Waals surface area contributed by atoms with Gasteiger partial charge < -0.3 is 9.26 Å². The molecule has 1 aromatic carbocycles. The zero-order valence-electron chi connectivity index (χ0n) is 21.8. The highest BCUT2D eigenvalue weighted by Gasteiger charge is 2.63. The van der Waals surface area contributed by atoms with E-state index < -0.39 is 8.32 Å². The number of fused-ring (bicyclic) bond motifs is 5. The summed E-state index contributed by atoms with van der Waals surface area (Å²) in [7, 11) is -1.53. The van der Waals surface area contributed by atoms with E-state index in [0.29, 0.717) is 42.7 Å². The van der Waals surface area contributed by atoms with Gasteiger partial charge in [0.15, 0.2) is 8.32 Å². The third kappa shape index (κ3) is 4.32. The fourth-order valence-electron chi connectivity index (χ4n) is 8.34. The monoisotopic (exact) mass is 481 g/mol. The summed E-state index contributed by atoms with van der Waals surface area (Å²) in [6.07, 6.45) is 9.02. The van der Waals surface area contributed by atoms with Crippen LogP contribution in [0.2, 0.25) is 19.6 Å². The first-order valence-corrected chi connectivity index (χ1v) is 16.9. The van der Waals surface area contributed by atoms with Gasteiger partial charge in [0.25, 0.3) is 0 Å². The van der Waals surface area contributed by atoms with Crippen molar-refractivity contribution in [1.82, 2.24) is 0 Å². The summed E-state index contributed by atoms with van der Waals surface area (Å²) in [5.74, 6) is 2.41. The molecule has 4 nitrogen and oxygen atoms in total. The summed E-state index contributed by atoms with van der Waals surface area (Å²) in [6.45, 7) is 12.1. The van der Waals surface area contributed by atoms with Crippen molar-refractivity contribution in [3.05, 3.63) is 35.9 Å². The SMILES string of the molecule is CC12CC(=O)C3C(CCC4CC(O[Si](C)(C)C)CCC43C)C1CC/C2=N\OCc1ccccc1. The molecule has 5 rings (SSSR count). The molecule has 5 heteroatoms. The van der Waals surface area contributed by atoms with Crippen LogP contribution in [-0.2, 0) is 20.7 Å². The molecule has 186 valence electrons. The molecule has 7 atom stereocenters. The first-order valence-electron chi connectivity index (χ1n) is 13.5. The Morgan fingerprint density at radius 3 is 2.56 bits per heavy atom. The number of hydrogen-bond donors (Lipinski definition) is 0. The summed E-state index contributed by atoms with van der Waals surface area (Å²) in [4.78, 5) is 19.7. The summed E-state index contributed by atoms with van der Waals surface area (Å²) < 4.78 is 6.53. The molecule has 4 fully saturated rings. The van der Waals surface area contributed by atoms with E-state index in [9.17, 15) is 4.79 Å². The second-order valence-electron chi connectivity index (χ2n) is 13.1. The van der Waals surface area contributed by atoms with E-state index in [-0.39, 0.29) is 16.7 Å². The quantitative estimate of drug-likeness (QED) is 0.336. The van der Waals surface area contributed by atoms with Gasteiger partial charge >= 0.3 is 0 Å². The molecule has 34 heavy (non-hydrogen) atoms. The van der Waals surface area contributed by atoms with Crippen LogP contribution in [0.3, 0.4) is 0 Å². The van der Waals surface area contributed by atoms with Crippen LogP contribution in [0.25, 0.3) is 0 Å². The topological polar surface area (TPSA) is 47.9 Å². The van der Waals surface area contributed by atoms with E-state index in [0.717, 1.165) is 43.4 Å². The molecule has 0 amide bonds. The van der Waals surface area contributed by atoms with Crippen molar-refractivity contribution in [2.24, 2.45) is 39.7 Å². The summed E-state index contributed by atoms with van der Waals surface area (Å²) in [5, 5.41) is 4.64. The molecule has 0 N–H and O–H groups in total. The molecule has 4 saturated carbocycles. The third-order valence-electron chi connectivity index (χ3n) is 9.82. The van der Waals surface area contributed by atoms with Gasteiger partial charge in [0, 0.05) is 23.9 Å². The Balaban J connectivity index is 1.31. The smallest absolute Gasteiger partial charge is 0.184 e. The number of rotatable bonds is 5. The van der Waals surface area contributed by atoms with Gasteiger partial charge in [-0.15, -0.1) is 0 Å². The molecule has 4 aliphatic rings. The lowest BCUT2D eigenvalue weighted by molar-refractivity contribution is -0.155. The molecule has 1 aromatic rings. The zero-order chi connectivity index (χ0) is 24.1. The molecule has 0 spiro atoms. The van der Waals surface area contributed by atoms with Gasteiger partial charge in [-0.2, -0.15) is 0 Å². The number of nitrogens with zero attached hydrogens (tertiary/aromatic N) is 1. The number of carbonyl (C=O) groups excluding carboxylic acids is 1. The Bertz CT molecular complexity index is 940. The lowest BCUT2D eigenvalue weighted by Crippen LogP contribution is -2.58. The molecule has 0 radical (unpaired) electrons. The van der Waals surface area contributed by atoms with Gasteiger partial charge in [0.1, 0.15) is 12.4 Å². The molecule has 4 aliphatic carbocycles. The molecule has 0 aliphatic heterocycles. The summed E-state index contributed by atoms with van der Waals surface area (Å²) in [5.41, 5.74) is 2.27. The number of hydrogen-bond acceptors (Lipinski definition) is 4. The van der Waals surface area contributed by atoms with Crippen molar-refractivity contribution in [1.29, 1.82) is 0 Å². The first-order chi connectivity index (χ1) is 16.1. The van der Waals surface area contributed by atoms with Crippen LogP contribution in [0.15, 0.2) is 35.5 Å². The number of benzene rings is 1. The average Bonchev–Trinajstić information content (AvgIpc) is 3.09. The largest absolute Gasteiger partial charge is 0.415 e. The molecular weight excluding hydrogens is 438 g/mol. The second-order valence-corrected chi connectivity index (χ2v) is 17.5.